The Labute approximate surface area is 144 Å². The number of nitrogens with zero attached hydrogens (tertiary/aromatic N) is 1. The number of rotatable bonds is 8. The van der Waals surface area contributed by atoms with E-state index in [0.717, 1.165) is 16.9 Å². The molecular formula is C20H26N2O2. The van der Waals surface area contributed by atoms with Gasteiger partial charge in [0.05, 0.1) is 12.6 Å². The van der Waals surface area contributed by atoms with Gasteiger partial charge in [0.1, 0.15) is 5.75 Å². The van der Waals surface area contributed by atoms with Crippen molar-refractivity contribution >= 4 is 5.91 Å². The lowest BCUT2D eigenvalue weighted by molar-refractivity contribution is -0.129. The van der Waals surface area contributed by atoms with Gasteiger partial charge in [0, 0.05) is 20.1 Å². The third-order valence-corrected chi connectivity index (χ3v) is 3.59. The van der Waals surface area contributed by atoms with Crippen LogP contribution in [0.4, 0.5) is 0 Å². The lowest BCUT2D eigenvalue weighted by Crippen LogP contribution is -2.34. The first-order valence-corrected chi connectivity index (χ1v) is 8.29. The molecule has 0 radical (unpaired) electrons. The number of hydrogen-bond donors (Lipinski definition) is 1. The summed E-state index contributed by atoms with van der Waals surface area (Å²) in [7, 11) is 1.83. The predicted octanol–water partition coefficient (Wildman–Crippen LogP) is 3.22. The molecule has 0 heterocycles. The number of hydrogen-bond acceptors (Lipinski definition) is 3. The van der Waals surface area contributed by atoms with Crippen LogP contribution in [0.25, 0.3) is 0 Å². The number of carbonyl (C=O) groups excluding carboxylic acids is 1. The van der Waals surface area contributed by atoms with Gasteiger partial charge in [-0.1, -0.05) is 42.5 Å². The summed E-state index contributed by atoms with van der Waals surface area (Å²) in [5.74, 6) is 0.950. The fourth-order valence-electron chi connectivity index (χ4n) is 2.35. The quantitative estimate of drug-likeness (QED) is 0.810. The Morgan fingerprint density at radius 2 is 1.71 bits per heavy atom. The third-order valence-electron chi connectivity index (χ3n) is 3.59. The molecular weight excluding hydrogens is 300 g/mol. The van der Waals surface area contributed by atoms with E-state index in [9.17, 15) is 4.79 Å². The van der Waals surface area contributed by atoms with Crippen LogP contribution in [0.5, 0.6) is 5.75 Å². The molecule has 2 aromatic rings. The van der Waals surface area contributed by atoms with Crippen LogP contribution in [0.3, 0.4) is 0 Å². The molecule has 0 aliphatic carbocycles. The Balaban J connectivity index is 1.73. The topological polar surface area (TPSA) is 41.6 Å². The standard InChI is InChI=1S/C20H26N2O2/c1-16(2)24-19-11-9-17(10-12-19)13-21-14-20(23)22(3)15-18-7-5-4-6-8-18/h4-12,16,21H,13-15H2,1-3H3. The van der Waals surface area contributed by atoms with E-state index in [0.29, 0.717) is 19.6 Å². The van der Waals surface area contributed by atoms with Crippen LogP contribution in [0, 0.1) is 0 Å². The van der Waals surface area contributed by atoms with E-state index >= 15 is 0 Å². The molecule has 0 spiro atoms. The summed E-state index contributed by atoms with van der Waals surface area (Å²) < 4.78 is 5.62. The highest BCUT2D eigenvalue weighted by molar-refractivity contribution is 5.77. The Morgan fingerprint density at radius 3 is 2.33 bits per heavy atom. The smallest absolute Gasteiger partial charge is 0.236 e. The molecule has 4 heteroatoms. The zero-order chi connectivity index (χ0) is 17.4. The van der Waals surface area contributed by atoms with Gasteiger partial charge < -0.3 is 15.0 Å². The minimum Gasteiger partial charge on any atom is -0.491 e. The van der Waals surface area contributed by atoms with Crippen LogP contribution in [0.15, 0.2) is 54.6 Å². The van der Waals surface area contributed by atoms with Crippen molar-refractivity contribution < 1.29 is 9.53 Å². The largest absolute Gasteiger partial charge is 0.491 e. The molecule has 2 aromatic carbocycles. The van der Waals surface area contributed by atoms with E-state index in [1.807, 2.05) is 75.5 Å². The van der Waals surface area contributed by atoms with Crippen LogP contribution < -0.4 is 10.1 Å². The third kappa shape index (κ3) is 6.05. The maximum absolute atomic E-state index is 12.2. The molecule has 0 aliphatic heterocycles. The number of nitrogens with one attached hydrogen (secondary N) is 1. The van der Waals surface area contributed by atoms with Crippen LogP contribution in [-0.4, -0.2) is 30.5 Å². The van der Waals surface area contributed by atoms with Gasteiger partial charge in [0.15, 0.2) is 0 Å². The van der Waals surface area contributed by atoms with Crippen molar-refractivity contribution in [3.63, 3.8) is 0 Å². The molecule has 2 rings (SSSR count). The van der Waals surface area contributed by atoms with Gasteiger partial charge >= 0.3 is 0 Å². The van der Waals surface area contributed by atoms with Crippen LogP contribution in [0.1, 0.15) is 25.0 Å². The van der Waals surface area contributed by atoms with E-state index in [-0.39, 0.29) is 12.0 Å². The number of likely N-dealkylation sites (N-methyl/N-ethyl adjacent to an activating group) is 1. The molecule has 24 heavy (non-hydrogen) atoms. The van der Waals surface area contributed by atoms with Crippen molar-refractivity contribution in [2.24, 2.45) is 0 Å². The van der Waals surface area contributed by atoms with Crippen molar-refractivity contribution in [3.05, 3.63) is 65.7 Å². The second-order valence-electron chi connectivity index (χ2n) is 6.15. The molecule has 128 valence electrons. The zero-order valence-electron chi connectivity index (χ0n) is 14.7. The average molecular weight is 326 g/mol. The maximum Gasteiger partial charge on any atom is 0.236 e. The van der Waals surface area contributed by atoms with E-state index in [1.165, 1.54) is 0 Å². The van der Waals surface area contributed by atoms with Gasteiger partial charge in [-0.25, -0.2) is 0 Å². The summed E-state index contributed by atoms with van der Waals surface area (Å²) in [4.78, 5) is 13.9. The SMILES string of the molecule is CC(C)Oc1ccc(CNCC(=O)N(C)Cc2ccccc2)cc1. The van der Waals surface area contributed by atoms with Crippen molar-refractivity contribution in [2.45, 2.75) is 33.0 Å². The molecule has 1 amide bonds. The molecule has 0 fully saturated rings. The van der Waals surface area contributed by atoms with Gasteiger partial charge in [0.2, 0.25) is 5.91 Å². The second kappa shape index (κ2) is 9.08. The van der Waals surface area contributed by atoms with Crippen molar-refractivity contribution in [1.29, 1.82) is 0 Å². The highest BCUT2D eigenvalue weighted by Crippen LogP contribution is 2.13. The van der Waals surface area contributed by atoms with Crippen LogP contribution >= 0.6 is 0 Å². The molecule has 0 bridgehead atoms. The second-order valence-corrected chi connectivity index (χ2v) is 6.15. The molecule has 0 atom stereocenters. The van der Waals surface area contributed by atoms with Crippen molar-refractivity contribution in [3.8, 4) is 5.75 Å². The summed E-state index contributed by atoms with van der Waals surface area (Å²) in [5, 5.41) is 3.20. The summed E-state index contributed by atoms with van der Waals surface area (Å²) in [6.07, 6.45) is 0.173. The predicted molar refractivity (Wildman–Crippen MR) is 96.8 cm³/mol. The van der Waals surface area contributed by atoms with Gasteiger partial charge in [-0.15, -0.1) is 0 Å². The fourth-order valence-corrected chi connectivity index (χ4v) is 2.35. The Bertz CT molecular complexity index is 624. The minimum atomic E-state index is 0.0821. The van der Waals surface area contributed by atoms with Gasteiger partial charge in [-0.3, -0.25) is 4.79 Å². The van der Waals surface area contributed by atoms with Gasteiger partial charge in [-0.2, -0.15) is 0 Å². The first kappa shape index (κ1) is 18.0. The number of ether oxygens (including phenoxy) is 1. The van der Waals surface area contributed by atoms with E-state index in [1.54, 1.807) is 4.90 Å². The van der Waals surface area contributed by atoms with Crippen molar-refractivity contribution in [1.82, 2.24) is 10.2 Å². The minimum absolute atomic E-state index is 0.0821. The summed E-state index contributed by atoms with van der Waals surface area (Å²) >= 11 is 0. The highest BCUT2D eigenvalue weighted by Gasteiger charge is 2.08. The summed E-state index contributed by atoms with van der Waals surface area (Å²) in [6.45, 7) is 5.63. The highest BCUT2D eigenvalue weighted by atomic mass is 16.5. The first-order chi connectivity index (χ1) is 11.5. The molecule has 4 nitrogen and oxygen atoms in total. The fraction of sp³-hybridized carbons (Fsp3) is 0.350. The Hall–Kier alpha value is -2.33. The lowest BCUT2D eigenvalue weighted by Gasteiger charge is -2.17. The monoisotopic (exact) mass is 326 g/mol. The Kier molecular flexibility index (Phi) is 6.82. The van der Waals surface area contributed by atoms with Gasteiger partial charge in [-0.05, 0) is 37.1 Å². The molecule has 0 saturated heterocycles. The summed E-state index contributed by atoms with van der Waals surface area (Å²) in [6, 6.07) is 17.9. The van der Waals surface area contributed by atoms with E-state index < -0.39 is 0 Å². The van der Waals surface area contributed by atoms with Crippen LogP contribution in [-0.2, 0) is 17.9 Å². The molecule has 0 aromatic heterocycles. The van der Waals surface area contributed by atoms with Crippen LogP contribution in [0.2, 0.25) is 0 Å². The average Bonchev–Trinajstić information content (AvgIpc) is 2.56. The van der Waals surface area contributed by atoms with E-state index in [2.05, 4.69) is 5.32 Å². The summed E-state index contributed by atoms with van der Waals surface area (Å²) in [5.41, 5.74) is 2.26. The number of benzene rings is 2. The number of carbonyl (C=O) groups is 1. The Morgan fingerprint density at radius 1 is 1.04 bits per heavy atom. The normalized spacial score (nSPS) is 10.7. The van der Waals surface area contributed by atoms with E-state index in [4.69, 9.17) is 4.74 Å². The molecule has 0 unspecified atom stereocenters. The molecule has 1 N–H and O–H groups in total. The first-order valence-electron chi connectivity index (χ1n) is 8.29. The molecule has 0 saturated carbocycles. The van der Waals surface area contributed by atoms with Gasteiger partial charge in [0.25, 0.3) is 0 Å². The van der Waals surface area contributed by atoms with Crippen molar-refractivity contribution in [2.75, 3.05) is 13.6 Å². The lowest BCUT2D eigenvalue weighted by atomic mass is 10.2. The number of amides is 1. The maximum atomic E-state index is 12.2. The molecule has 0 aliphatic rings. The zero-order valence-corrected chi connectivity index (χ0v) is 14.7.